The molecule has 0 bridgehead atoms. The highest BCUT2D eigenvalue weighted by Crippen LogP contribution is 2.25. The molecule has 32 heavy (non-hydrogen) atoms. The fourth-order valence-electron chi connectivity index (χ4n) is 5.28. The Kier molecular flexibility index (Phi) is 6.37. The maximum atomic E-state index is 13.6. The van der Waals surface area contributed by atoms with E-state index in [9.17, 15) is 9.59 Å². The Bertz CT molecular complexity index is 1010. The molecule has 0 aliphatic carbocycles. The molecule has 1 amide bonds. The minimum atomic E-state index is -0.304. The highest BCUT2D eigenvalue weighted by Gasteiger charge is 2.31. The number of carbonyl (C=O) groups is 1. The SMILES string of the molecule is O=C(C1CCCO1)N1CCc2c(cc(-c3ccncc3)c(=O)n2CCN2CCCCC2)C1. The first-order valence-corrected chi connectivity index (χ1v) is 12.0. The third-order valence-corrected chi connectivity index (χ3v) is 7.07. The Labute approximate surface area is 189 Å². The first-order chi connectivity index (χ1) is 15.7. The lowest BCUT2D eigenvalue weighted by Crippen LogP contribution is -2.44. The summed E-state index contributed by atoms with van der Waals surface area (Å²) < 4.78 is 7.62. The lowest BCUT2D eigenvalue weighted by Gasteiger charge is -2.33. The molecule has 3 aliphatic heterocycles. The Morgan fingerprint density at radius 2 is 1.88 bits per heavy atom. The van der Waals surface area contributed by atoms with Crippen LogP contribution in [0.1, 0.15) is 43.4 Å². The Morgan fingerprint density at radius 1 is 1.06 bits per heavy atom. The van der Waals surface area contributed by atoms with Crippen LogP contribution in [0.25, 0.3) is 11.1 Å². The molecule has 2 aromatic rings. The summed E-state index contributed by atoms with van der Waals surface area (Å²) in [5.74, 6) is 0.0877. The summed E-state index contributed by atoms with van der Waals surface area (Å²) >= 11 is 0. The van der Waals surface area contributed by atoms with Gasteiger partial charge in [0.2, 0.25) is 0 Å². The average molecular weight is 437 g/mol. The van der Waals surface area contributed by atoms with Crippen molar-refractivity contribution in [2.45, 2.75) is 57.7 Å². The van der Waals surface area contributed by atoms with Crippen molar-refractivity contribution >= 4 is 5.91 Å². The lowest BCUT2D eigenvalue weighted by atomic mass is 9.99. The molecule has 0 aromatic carbocycles. The van der Waals surface area contributed by atoms with E-state index in [-0.39, 0.29) is 17.6 Å². The molecule has 2 saturated heterocycles. The number of rotatable bonds is 5. The van der Waals surface area contributed by atoms with Gasteiger partial charge in [-0.05, 0) is 68.1 Å². The molecule has 3 aliphatic rings. The summed E-state index contributed by atoms with van der Waals surface area (Å²) in [6, 6.07) is 5.77. The molecule has 1 atom stereocenters. The molecular formula is C25H32N4O3. The molecule has 2 aromatic heterocycles. The van der Waals surface area contributed by atoms with Crippen molar-refractivity contribution in [2.75, 3.05) is 32.8 Å². The fraction of sp³-hybridized carbons (Fsp3) is 0.560. The number of nitrogens with zero attached hydrogens (tertiary/aromatic N) is 4. The molecule has 0 radical (unpaired) electrons. The van der Waals surface area contributed by atoms with E-state index in [4.69, 9.17) is 4.74 Å². The molecule has 1 unspecified atom stereocenters. The number of fused-ring (bicyclic) bond motifs is 1. The van der Waals surface area contributed by atoms with E-state index in [1.165, 1.54) is 19.3 Å². The second kappa shape index (κ2) is 9.55. The summed E-state index contributed by atoms with van der Waals surface area (Å²) in [6.45, 7) is 5.67. The van der Waals surface area contributed by atoms with Crippen molar-refractivity contribution in [3.63, 3.8) is 0 Å². The van der Waals surface area contributed by atoms with E-state index >= 15 is 0 Å². The van der Waals surface area contributed by atoms with Gasteiger partial charge >= 0.3 is 0 Å². The smallest absolute Gasteiger partial charge is 0.258 e. The largest absolute Gasteiger partial charge is 0.368 e. The van der Waals surface area contributed by atoms with Gasteiger partial charge in [-0.2, -0.15) is 0 Å². The summed E-state index contributed by atoms with van der Waals surface area (Å²) in [4.78, 5) is 35.0. The zero-order chi connectivity index (χ0) is 21.9. The van der Waals surface area contributed by atoms with Crippen molar-refractivity contribution in [3.8, 4) is 11.1 Å². The topological polar surface area (TPSA) is 67.7 Å². The number of ether oxygens (including phenoxy) is 1. The van der Waals surface area contributed by atoms with Crippen LogP contribution in [0.5, 0.6) is 0 Å². The molecule has 0 saturated carbocycles. The Morgan fingerprint density at radius 3 is 2.62 bits per heavy atom. The highest BCUT2D eigenvalue weighted by atomic mass is 16.5. The summed E-state index contributed by atoms with van der Waals surface area (Å²) in [6.07, 6.45) is 9.38. The van der Waals surface area contributed by atoms with E-state index in [0.29, 0.717) is 38.2 Å². The molecule has 5 rings (SSSR count). The van der Waals surface area contributed by atoms with E-state index in [0.717, 1.165) is 49.3 Å². The van der Waals surface area contributed by atoms with E-state index < -0.39 is 0 Å². The molecule has 7 nitrogen and oxygen atoms in total. The molecule has 170 valence electrons. The predicted molar refractivity (Wildman–Crippen MR) is 122 cm³/mol. The van der Waals surface area contributed by atoms with Crippen molar-refractivity contribution < 1.29 is 9.53 Å². The summed E-state index contributed by atoms with van der Waals surface area (Å²) in [7, 11) is 0. The number of pyridine rings is 2. The number of hydrogen-bond acceptors (Lipinski definition) is 5. The van der Waals surface area contributed by atoms with Crippen LogP contribution in [0, 0.1) is 0 Å². The van der Waals surface area contributed by atoms with E-state index in [2.05, 4.69) is 9.88 Å². The maximum absolute atomic E-state index is 13.6. The van der Waals surface area contributed by atoms with Crippen LogP contribution in [0.15, 0.2) is 35.4 Å². The minimum Gasteiger partial charge on any atom is -0.368 e. The average Bonchev–Trinajstić information content (AvgIpc) is 3.39. The van der Waals surface area contributed by atoms with E-state index in [1.54, 1.807) is 12.4 Å². The van der Waals surface area contributed by atoms with Gasteiger partial charge in [-0.1, -0.05) is 6.42 Å². The van der Waals surface area contributed by atoms with Crippen LogP contribution in [0.3, 0.4) is 0 Å². The maximum Gasteiger partial charge on any atom is 0.258 e. The monoisotopic (exact) mass is 436 g/mol. The first kappa shape index (κ1) is 21.3. The van der Waals surface area contributed by atoms with Crippen LogP contribution in [0.2, 0.25) is 0 Å². The van der Waals surface area contributed by atoms with Gasteiger partial charge < -0.3 is 19.1 Å². The molecule has 2 fully saturated rings. The van der Waals surface area contributed by atoms with Gasteiger partial charge in [0, 0.05) is 62.9 Å². The van der Waals surface area contributed by atoms with Crippen LogP contribution in [-0.4, -0.2) is 64.1 Å². The number of amides is 1. The van der Waals surface area contributed by atoms with Gasteiger partial charge in [0.25, 0.3) is 11.5 Å². The van der Waals surface area contributed by atoms with Gasteiger partial charge in [0.05, 0.1) is 0 Å². The van der Waals surface area contributed by atoms with Crippen molar-refractivity contribution in [2.24, 2.45) is 0 Å². The number of carbonyl (C=O) groups excluding carboxylic acids is 1. The third kappa shape index (κ3) is 4.36. The molecule has 5 heterocycles. The van der Waals surface area contributed by atoms with Crippen LogP contribution in [-0.2, 0) is 29.0 Å². The summed E-state index contributed by atoms with van der Waals surface area (Å²) in [5, 5.41) is 0. The molecule has 7 heteroatoms. The van der Waals surface area contributed by atoms with Gasteiger partial charge in [0.15, 0.2) is 0 Å². The zero-order valence-corrected chi connectivity index (χ0v) is 18.7. The predicted octanol–water partition coefficient (Wildman–Crippen LogP) is 2.46. The Balaban J connectivity index is 1.46. The Hall–Kier alpha value is -2.51. The van der Waals surface area contributed by atoms with Crippen molar-refractivity contribution in [1.29, 1.82) is 0 Å². The first-order valence-electron chi connectivity index (χ1n) is 12.0. The highest BCUT2D eigenvalue weighted by molar-refractivity contribution is 5.81. The normalized spacial score (nSPS) is 21.5. The van der Waals surface area contributed by atoms with Crippen molar-refractivity contribution in [1.82, 2.24) is 19.4 Å². The van der Waals surface area contributed by atoms with Gasteiger partial charge in [-0.3, -0.25) is 14.6 Å². The van der Waals surface area contributed by atoms with Crippen molar-refractivity contribution in [3.05, 3.63) is 52.2 Å². The third-order valence-electron chi connectivity index (χ3n) is 7.07. The molecule has 0 spiro atoms. The quantitative estimate of drug-likeness (QED) is 0.720. The van der Waals surface area contributed by atoms with Gasteiger partial charge in [0.1, 0.15) is 6.10 Å². The number of piperidine rings is 1. The van der Waals surface area contributed by atoms with Crippen LogP contribution < -0.4 is 5.56 Å². The number of likely N-dealkylation sites (tertiary alicyclic amines) is 1. The van der Waals surface area contributed by atoms with Gasteiger partial charge in [-0.25, -0.2) is 0 Å². The second-order valence-electron chi connectivity index (χ2n) is 9.14. The van der Waals surface area contributed by atoms with Gasteiger partial charge in [-0.15, -0.1) is 0 Å². The second-order valence-corrected chi connectivity index (χ2v) is 9.14. The lowest BCUT2D eigenvalue weighted by molar-refractivity contribution is -0.141. The van der Waals surface area contributed by atoms with Crippen LogP contribution >= 0.6 is 0 Å². The zero-order valence-electron chi connectivity index (χ0n) is 18.7. The number of hydrogen-bond donors (Lipinski definition) is 0. The van der Waals surface area contributed by atoms with Crippen LogP contribution in [0.4, 0.5) is 0 Å². The number of aromatic nitrogens is 2. The molecular weight excluding hydrogens is 404 g/mol. The minimum absolute atomic E-state index is 0.0610. The summed E-state index contributed by atoms with van der Waals surface area (Å²) in [5.41, 5.74) is 3.79. The van der Waals surface area contributed by atoms with E-state index in [1.807, 2.05) is 27.7 Å². The molecule has 0 N–H and O–H groups in total. The standard InChI is InChI=1S/C25H32N4O3/c30-24-21(19-6-9-26-10-7-19)17-20-18-28(25(31)23-5-4-16-32-23)13-8-22(20)29(24)15-14-27-11-2-1-3-12-27/h6-7,9-10,17,23H,1-5,8,11-16,18H2. The fourth-order valence-corrected chi connectivity index (χ4v) is 5.28.